The SMILES string of the molecule is CN(C[C@]12CCC[C@H]1OCC2)c1c(O)cccc1C=O. The van der Waals surface area contributed by atoms with Crippen LogP contribution >= 0.6 is 0 Å². The molecule has 4 heteroatoms. The molecule has 0 bridgehead atoms. The van der Waals surface area contributed by atoms with Gasteiger partial charge in [0.25, 0.3) is 0 Å². The number of para-hydroxylation sites is 1. The lowest BCUT2D eigenvalue weighted by Crippen LogP contribution is -2.38. The van der Waals surface area contributed by atoms with Crippen molar-refractivity contribution >= 4 is 12.0 Å². The molecule has 1 heterocycles. The second-order valence-electron chi connectivity index (χ2n) is 6.05. The van der Waals surface area contributed by atoms with Crippen LogP contribution < -0.4 is 4.90 Å². The number of phenols is 1. The number of benzene rings is 1. The molecule has 1 aromatic rings. The van der Waals surface area contributed by atoms with Crippen LogP contribution in [0.1, 0.15) is 36.0 Å². The number of aldehydes is 1. The fraction of sp³-hybridized carbons (Fsp3) is 0.562. The Bertz CT molecular complexity index is 504. The zero-order chi connectivity index (χ0) is 14.2. The Morgan fingerprint density at radius 3 is 3.15 bits per heavy atom. The molecule has 3 rings (SSSR count). The standard InChI is InChI=1S/C16H21NO3/c1-17(15-12(10-18)4-2-5-13(15)19)11-16-7-3-6-14(16)20-9-8-16/h2,4-5,10,14,19H,3,6-9,11H2,1H3/t14-,16-/m1/s1. The number of anilines is 1. The van der Waals surface area contributed by atoms with Crippen LogP contribution in [0.2, 0.25) is 0 Å². The number of hydrogen-bond donors (Lipinski definition) is 1. The van der Waals surface area contributed by atoms with Crippen LogP contribution in [0.3, 0.4) is 0 Å². The zero-order valence-electron chi connectivity index (χ0n) is 11.8. The molecule has 0 spiro atoms. The van der Waals surface area contributed by atoms with E-state index in [0.29, 0.717) is 17.4 Å². The van der Waals surface area contributed by atoms with E-state index in [1.54, 1.807) is 18.2 Å². The van der Waals surface area contributed by atoms with E-state index >= 15 is 0 Å². The van der Waals surface area contributed by atoms with E-state index in [0.717, 1.165) is 32.3 Å². The van der Waals surface area contributed by atoms with E-state index in [4.69, 9.17) is 4.74 Å². The van der Waals surface area contributed by atoms with E-state index < -0.39 is 0 Å². The lowest BCUT2D eigenvalue weighted by atomic mass is 9.82. The summed E-state index contributed by atoms with van der Waals surface area (Å²) in [6.45, 7) is 1.66. The molecule has 108 valence electrons. The first-order valence-electron chi connectivity index (χ1n) is 7.26. The molecule has 1 aliphatic heterocycles. The lowest BCUT2D eigenvalue weighted by Gasteiger charge is -2.34. The van der Waals surface area contributed by atoms with E-state index in [9.17, 15) is 9.90 Å². The van der Waals surface area contributed by atoms with Crippen LogP contribution in [0.5, 0.6) is 5.75 Å². The van der Waals surface area contributed by atoms with Crippen LogP contribution in [-0.2, 0) is 4.74 Å². The van der Waals surface area contributed by atoms with Gasteiger partial charge in [0.05, 0.1) is 11.8 Å². The molecule has 20 heavy (non-hydrogen) atoms. The van der Waals surface area contributed by atoms with Crippen molar-refractivity contribution in [1.82, 2.24) is 0 Å². The van der Waals surface area contributed by atoms with Gasteiger partial charge in [-0.1, -0.05) is 12.5 Å². The zero-order valence-corrected chi connectivity index (χ0v) is 11.8. The van der Waals surface area contributed by atoms with Gasteiger partial charge in [-0.15, -0.1) is 0 Å². The van der Waals surface area contributed by atoms with Gasteiger partial charge in [0.15, 0.2) is 6.29 Å². The highest BCUT2D eigenvalue weighted by Crippen LogP contribution is 2.48. The second-order valence-corrected chi connectivity index (χ2v) is 6.05. The van der Waals surface area contributed by atoms with E-state index in [1.807, 2.05) is 11.9 Å². The Labute approximate surface area is 119 Å². The second kappa shape index (κ2) is 5.09. The average Bonchev–Trinajstić information content (AvgIpc) is 2.97. The summed E-state index contributed by atoms with van der Waals surface area (Å²) in [6.07, 6.45) is 5.74. The molecule has 2 fully saturated rings. The number of hydrogen-bond acceptors (Lipinski definition) is 4. The van der Waals surface area contributed by atoms with Crippen molar-refractivity contribution in [3.8, 4) is 5.75 Å². The number of phenolic OH excluding ortho intramolecular Hbond substituents is 1. The van der Waals surface area contributed by atoms with Crippen LogP contribution in [0, 0.1) is 5.41 Å². The molecule has 2 atom stereocenters. The van der Waals surface area contributed by atoms with E-state index in [2.05, 4.69) is 0 Å². The molecule has 0 aromatic heterocycles. The van der Waals surface area contributed by atoms with Crippen LogP contribution in [-0.4, -0.2) is 37.7 Å². The quantitative estimate of drug-likeness (QED) is 0.858. The lowest BCUT2D eigenvalue weighted by molar-refractivity contribution is 0.0730. The molecule has 1 N–H and O–H groups in total. The third-order valence-electron chi connectivity index (χ3n) is 4.85. The van der Waals surface area contributed by atoms with Gasteiger partial charge in [0, 0.05) is 31.2 Å². The highest BCUT2D eigenvalue weighted by Gasteiger charge is 2.48. The van der Waals surface area contributed by atoms with Gasteiger partial charge < -0.3 is 14.7 Å². The van der Waals surface area contributed by atoms with Gasteiger partial charge in [-0.25, -0.2) is 0 Å². The third-order valence-corrected chi connectivity index (χ3v) is 4.85. The maximum absolute atomic E-state index is 11.2. The van der Waals surface area contributed by atoms with Crippen molar-refractivity contribution < 1.29 is 14.6 Å². The molecule has 1 aromatic carbocycles. The maximum Gasteiger partial charge on any atom is 0.152 e. The van der Waals surface area contributed by atoms with Crippen molar-refractivity contribution in [1.29, 1.82) is 0 Å². The van der Waals surface area contributed by atoms with Gasteiger partial charge in [0.2, 0.25) is 0 Å². The molecule has 1 aliphatic carbocycles. The number of carbonyl (C=O) groups is 1. The van der Waals surface area contributed by atoms with Gasteiger partial charge in [0.1, 0.15) is 5.75 Å². The Kier molecular flexibility index (Phi) is 3.42. The van der Waals surface area contributed by atoms with Crippen LogP contribution in [0.4, 0.5) is 5.69 Å². The molecule has 1 saturated heterocycles. The van der Waals surface area contributed by atoms with Crippen LogP contribution in [0.15, 0.2) is 18.2 Å². The molecule has 0 amide bonds. The van der Waals surface area contributed by atoms with Crippen molar-refractivity contribution in [3.05, 3.63) is 23.8 Å². The van der Waals surface area contributed by atoms with Gasteiger partial charge in [-0.3, -0.25) is 4.79 Å². The summed E-state index contributed by atoms with van der Waals surface area (Å²) in [6, 6.07) is 5.08. The summed E-state index contributed by atoms with van der Waals surface area (Å²) in [5.74, 6) is 0.168. The maximum atomic E-state index is 11.2. The first-order chi connectivity index (χ1) is 9.66. The third kappa shape index (κ3) is 2.08. The average molecular weight is 275 g/mol. The molecular formula is C16H21NO3. The fourth-order valence-corrected chi connectivity index (χ4v) is 3.93. The first-order valence-corrected chi connectivity index (χ1v) is 7.26. The highest BCUT2D eigenvalue weighted by atomic mass is 16.5. The summed E-state index contributed by atoms with van der Waals surface area (Å²) in [7, 11) is 1.95. The Hall–Kier alpha value is -1.55. The van der Waals surface area contributed by atoms with Gasteiger partial charge in [-0.05, 0) is 31.4 Å². The Morgan fingerprint density at radius 1 is 1.50 bits per heavy atom. The normalized spacial score (nSPS) is 28.4. The minimum Gasteiger partial charge on any atom is -0.506 e. The van der Waals surface area contributed by atoms with E-state index in [1.165, 1.54) is 12.8 Å². The highest BCUT2D eigenvalue weighted by molar-refractivity contribution is 5.87. The van der Waals surface area contributed by atoms with Crippen molar-refractivity contribution in [2.45, 2.75) is 31.8 Å². The number of aromatic hydroxyl groups is 1. The summed E-state index contributed by atoms with van der Waals surface area (Å²) in [5, 5.41) is 10.1. The monoisotopic (exact) mass is 275 g/mol. The number of ether oxygens (including phenoxy) is 1. The summed E-state index contributed by atoms with van der Waals surface area (Å²) >= 11 is 0. The largest absolute Gasteiger partial charge is 0.506 e. The predicted octanol–water partition coefficient (Wildman–Crippen LogP) is 2.60. The smallest absolute Gasteiger partial charge is 0.152 e. The molecule has 0 unspecified atom stereocenters. The molecule has 1 saturated carbocycles. The Balaban J connectivity index is 1.86. The van der Waals surface area contributed by atoms with Gasteiger partial charge in [-0.2, -0.15) is 0 Å². The number of nitrogens with zero attached hydrogens (tertiary/aromatic N) is 1. The molecule has 0 radical (unpaired) electrons. The fourth-order valence-electron chi connectivity index (χ4n) is 3.93. The van der Waals surface area contributed by atoms with Gasteiger partial charge >= 0.3 is 0 Å². The predicted molar refractivity (Wildman–Crippen MR) is 77.4 cm³/mol. The number of fused-ring (bicyclic) bond motifs is 1. The number of carbonyl (C=O) groups excluding carboxylic acids is 1. The minimum absolute atomic E-state index is 0.168. The summed E-state index contributed by atoms with van der Waals surface area (Å²) in [4.78, 5) is 13.2. The summed E-state index contributed by atoms with van der Waals surface area (Å²) in [5.41, 5.74) is 1.36. The molecule has 2 aliphatic rings. The Morgan fingerprint density at radius 2 is 2.35 bits per heavy atom. The number of rotatable bonds is 4. The topological polar surface area (TPSA) is 49.8 Å². The molecule has 4 nitrogen and oxygen atoms in total. The minimum atomic E-state index is 0.168. The van der Waals surface area contributed by atoms with E-state index in [-0.39, 0.29) is 11.2 Å². The summed E-state index contributed by atoms with van der Waals surface area (Å²) < 4.78 is 5.85. The van der Waals surface area contributed by atoms with Crippen molar-refractivity contribution in [3.63, 3.8) is 0 Å². The van der Waals surface area contributed by atoms with Crippen molar-refractivity contribution in [2.75, 3.05) is 25.1 Å². The van der Waals surface area contributed by atoms with Crippen molar-refractivity contribution in [2.24, 2.45) is 5.41 Å². The van der Waals surface area contributed by atoms with Crippen LogP contribution in [0.25, 0.3) is 0 Å². The molecular weight excluding hydrogens is 254 g/mol. The first kappa shape index (κ1) is 13.4.